The van der Waals surface area contributed by atoms with Gasteiger partial charge in [0.25, 0.3) is 5.56 Å². The van der Waals surface area contributed by atoms with Crippen LogP contribution in [0.15, 0.2) is 45.3 Å². The van der Waals surface area contributed by atoms with Crippen LogP contribution in [0.2, 0.25) is 0 Å². The Morgan fingerprint density at radius 3 is 2.70 bits per heavy atom. The Kier molecular flexibility index (Phi) is 3.28. The molecule has 102 valence electrons. The summed E-state index contributed by atoms with van der Waals surface area (Å²) in [5.74, 6) is 0. The molecule has 1 aliphatic rings. The van der Waals surface area contributed by atoms with Gasteiger partial charge in [-0.3, -0.25) is 14.3 Å². The third-order valence-corrected chi connectivity index (χ3v) is 4.38. The van der Waals surface area contributed by atoms with E-state index in [1.165, 1.54) is 0 Å². The van der Waals surface area contributed by atoms with Crippen LogP contribution in [0.5, 0.6) is 0 Å². The fourth-order valence-electron chi connectivity index (χ4n) is 2.22. The predicted molar refractivity (Wildman–Crippen MR) is 84.6 cm³/mol. The third kappa shape index (κ3) is 2.32. The molecule has 3 rings (SSSR count). The number of fused-ring (bicyclic) bond motifs is 1. The van der Waals surface area contributed by atoms with Gasteiger partial charge in [-0.05, 0) is 28.7 Å². The SMILES string of the molecule is CS1=Cc2c(n(Cc3ccccc3)c(=O)[nH]c2=O)C=C1. The second-order valence-electron chi connectivity index (χ2n) is 4.66. The molecule has 1 unspecified atom stereocenters. The molecule has 4 nitrogen and oxygen atoms in total. The molecule has 0 radical (unpaired) electrons. The molecule has 0 bridgehead atoms. The van der Waals surface area contributed by atoms with Crippen molar-refractivity contribution in [3.63, 3.8) is 0 Å². The van der Waals surface area contributed by atoms with Crippen molar-refractivity contribution in [3.8, 4) is 0 Å². The number of benzene rings is 1. The first-order valence-corrected chi connectivity index (χ1v) is 7.99. The van der Waals surface area contributed by atoms with Crippen LogP contribution in [0.4, 0.5) is 0 Å². The zero-order chi connectivity index (χ0) is 14.1. The van der Waals surface area contributed by atoms with E-state index < -0.39 is 0 Å². The Bertz CT molecular complexity index is 829. The summed E-state index contributed by atoms with van der Waals surface area (Å²) in [7, 11) is -0.0641. The molecule has 1 N–H and O–H groups in total. The maximum Gasteiger partial charge on any atom is 0.329 e. The molecule has 20 heavy (non-hydrogen) atoms. The van der Waals surface area contributed by atoms with Crippen LogP contribution in [0.1, 0.15) is 16.8 Å². The first-order chi connectivity index (χ1) is 9.65. The van der Waals surface area contributed by atoms with E-state index in [-0.39, 0.29) is 21.7 Å². The summed E-state index contributed by atoms with van der Waals surface area (Å²) >= 11 is 0. The summed E-state index contributed by atoms with van der Waals surface area (Å²) < 4.78 is 1.61. The Morgan fingerprint density at radius 2 is 1.95 bits per heavy atom. The van der Waals surface area contributed by atoms with Gasteiger partial charge in [-0.15, -0.1) is 0 Å². The summed E-state index contributed by atoms with van der Waals surface area (Å²) in [4.78, 5) is 26.4. The van der Waals surface area contributed by atoms with Gasteiger partial charge in [0.05, 0.1) is 17.8 Å². The van der Waals surface area contributed by atoms with Gasteiger partial charge in [-0.2, -0.15) is 10.5 Å². The highest BCUT2D eigenvalue weighted by atomic mass is 32.2. The lowest BCUT2D eigenvalue weighted by molar-refractivity contribution is 0.711. The lowest BCUT2D eigenvalue weighted by Crippen LogP contribution is -2.35. The minimum Gasteiger partial charge on any atom is -0.289 e. The quantitative estimate of drug-likeness (QED) is 0.853. The fraction of sp³-hybridized carbons (Fsp3) is 0.133. The molecule has 2 heterocycles. The number of hydrogen-bond acceptors (Lipinski definition) is 2. The largest absolute Gasteiger partial charge is 0.329 e. The van der Waals surface area contributed by atoms with Gasteiger partial charge < -0.3 is 0 Å². The van der Waals surface area contributed by atoms with Crippen LogP contribution in [0, 0.1) is 0 Å². The van der Waals surface area contributed by atoms with Crippen molar-refractivity contribution in [2.45, 2.75) is 6.54 Å². The fourth-order valence-corrected chi connectivity index (χ4v) is 3.24. The molecule has 1 aliphatic heterocycles. The Labute approximate surface area is 118 Å². The number of H-pyrrole nitrogens is 1. The second kappa shape index (κ2) is 5.09. The van der Waals surface area contributed by atoms with Crippen LogP contribution in [0.3, 0.4) is 0 Å². The molecular weight excluding hydrogens is 272 g/mol. The van der Waals surface area contributed by atoms with E-state index in [1.54, 1.807) is 4.57 Å². The zero-order valence-electron chi connectivity index (χ0n) is 11.0. The molecule has 5 heteroatoms. The van der Waals surface area contributed by atoms with Crippen LogP contribution in [-0.2, 0) is 6.54 Å². The van der Waals surface area contributed by atoms with Crippen molar-refractivity contribution in [1.82, 2.24) is 9.55 Å². The first-order valence-electron chi connectivity index (χ1n) is 6.23. The van der Waals surface area contributed by atoms with E-state index in [0.717, 1.165) is 5.56 Å². The van der Waals surface area contributed by atoms with Crippen molar-refractivity contribution in [3.05, 3.63) is 73.4 Å². The normalized spacial score (nSPS) is 16.6. The molecule has 0 saturated carbocycles. The molecule has 0 spiro atoms. The smallest absolute Gasteiger partial charge is 0.289 e. The van der Waals surface area contributed by atoms with Crippen molar-refractivity contribution >= 4 is 21.9 Å². The van der Waals surface area contributed by atoms with E-state index in [4.69, 9.17) is 0 Å². The number of nitrogens with zero attached hydrogens (tertiary/aromatic N) is 1. The summed E-state index contributed by atoms with van der Waals surface area (Å²) in [6.07, 6.45) is 3.91. The average molecular weight is 286 g/mol. The van der Waals surface area contributed by atoms with Crippen LogP contribution >= 0.6 is 10.5 Å². The Morgan fingerprint density at radius 1 is 1.20 bits per heavy atom. The first kappa shape index (κ1) is 12.9. The molecule has 2 aromatic rings. The zero-order valence-corrected chi connectivity index (χ0v) is 11.8. The van der Waals surface area contributed by atoms with Crippen LogP contribution in [-0.4, -0.2) is 21.2 Å². The van der Waals surface area contributed by atoms with Gasteiger partial charge in [0.15, 0.2) is 0 Å². The average Bonchev–Trinajstić information content (AvgIpc) is 2.45. The van der Waals surface area contributed by atoms with Crippen LogP contribution in [0.25, 0.3) is 6.08 Å². The number of hydrogen-bond donors (Lipinski definition) is 1. The highest BCUT2D eigenvalue weighted by molar-refractivity contribution is 8.17. The number of nitrogens with one attached hydrogen (secondary N) is 1. The molecule has 0 fully saturated rings. The van der Waals surface area contributed by atoms with Gasteiger partial charge in [0.2, 0.25) is 0 Å². The minimum absolute atomic E-state index is 0.0641. The topological polar surface area (TPSA) is 54.9 Å². The maximum atomic E-state index is 12.1. The molecule has 1 aromatic heterocycles. The Balaban J connectivity index is 2.18. The predicted octanol–water partition coefficient (Wildman–Crippen LogP) is 1.62. The summed E-state index contributed by atoms with van der Waals surface area (Å²) in [5, 5.41) is 3.93. The minimum atomic E-state index is -0.367. The van der Waals surface area contributed by atoms with E-state index in [2.05, 4.69) is 4.98 Å². The van der Waals surface area contributed by atoms with E-state index in [1.807, 2.05) is 53.4 Å². The number of aromatic nitrogens is 2. The van der Waals surface area contributed by atoms with E-state index in [0.29, 0.717) is 17.8 Å². The van der Waals surface area contributed by atoms with Crippen molar-refractivity contribution < 1.29 is 0 Å². The molecule has 0 saturated heterocycles. The highest BCUT2D eigenvalue weighted by Gasteiger charge is 2.13. The number of rotatable bonds is 2. The lowest BCUT2D eigenvalue weighted by atomic mass is 10.2. The van der Waals surface area contributed by atoms with Gasteiger partial charge in [-0.25, -0.2) is 4.79 Å². The standard InChI is InChI=1S/C15H14N2O2S/c1-20-8-7-13-12(10-20)14(18)16-15(19)17(13)9-11-5-3-2-4-6-11/h2-8,10H,9H2,1H3,(H,16,18,19). The van der Waals surface area contributed by atoms with Gasteiger partial charge in [-0.1, -0.05) is 30.3 Å². The highest BCUT2D eigenvalue weighted by Crippen LogP contribution is 2.19. The second-order valence-corrected chi connectivity index (χ2v) is 6.38. The maximum absolute atomic E-state index is 12.1. The number of aromatic amines is 1. The molecule has 0 aliphatic carbocycles. The van der Waals surface area contributed by atoms with E-state index in [9.17, 15) is 9.59 Å². The van der Waals surface area contributed by atoms with Gasteiger partial charge >= 0.3 is 5.69 Å². The lowest BCUT2D eigenvalue weighted by Gasteiger charge is -2.15. The molecular formula is C15H14N2O2S. The summed E-state index contributed by atoms with van der Waals surface area (Å²) in [6.45, 7) is 0.453. The van der Waals surface area contributed by atoms with Gasteiger partial charge in [0, 0.05) is 0 Å². The van der Waals surface area contributed by atoms with E-state index >= 15 is 0 Å². The summed E-state index contributed by atoms with van der Waals surface area (Å²) in [5.41, 5.74) is 1.63. The monoisotopic (exact) mass is 286 g/mol. The van der Waals surface area contributed by atoms with Crippen LogP contribution < -0.4 is 11.2 Å². The molecule has 1 aromatic carbocycles. The molecule has 1 atom stereocenters. The molecule has 0 amide bonds. The van der Waals surface area contributed by atoms with Crippen molar-refractivity contribution in [2.24, 2.45) is 0 Å². The van der Waals surface area contributed by atoms with Crippen molar-refractivity contribution in [2.75, 3.05) is 6.26 Å². The van der Waals surface area contributed by atoms with Gasteiger partial charge in [0.1, 0.15) is 0 Å². The van der Waals surface area contributed by atoms with Crippen molar-refractivity contribution in [1.29, 1.82) is 0 Å². The Hall–Kier alpha value is -2.14. The summed E-state index contributed by atoms with van der Waals surface area (Å²) in [6, 6.07) is 9.73. The third-order valence-electron chi connectivity index (χ3n) is 3.20.